The molecule has 0 aliphatic heterocycles. The fraction of sp³-hybridized carbons (Fsp3) is 0.550. The molecule has 0 bridgehead atoms. The highest BCUT2D eigenvalue weighted by Crippen LogP contribution is 2.54. The van der Waals surface area contributed by atoms with Gasteiger partial charge in [-0.25, -0.2) is 0 Å². The van der Waals surface area contributed by atoms with Crippen LogP contribution in [0.4, 0.5) is 0 Å². The zero-order valence-electron chi connectivity index (χ0n) is 28.3. The van der Waals surface area contributed by atoms with Crippen molar-refractivity contribution in [2.75, 3.05) is 26.4 Å². The summed E-state index contributed by atoms with van der Waals surface area (Å²) in [4.78, 5) is 0. The molecule has 10 unspecified atom stereocenters. The SMILES string of the molecule is O=[P+](C1=C(OCC(O)COC2C=CCCC2)C2=C(CCCC2)C(OCC(O)COC2C=CC=CC2)C1)C1C=CC=CC1C1C=CC=CC1O. The van der Waals surface area contributed by atoms with Gasteiger partial charge in [0.1, 0.15) is 18.8 Å². The molecule has 8 nitrogen and oxygen atoms in total. The number of rotatable bonds is 15. The third kappa shape index (κ3) is 9.56. The third-order valence-corrected chi connectivity index (χ3v) is 12.1. The van der Waals surface area contributed by atoms with E-state index in [1.165, 1.54) is 0 Å². The van der Waals surface area contributed by atoms with Crippen LogP contribution in [0.1, 0.15) is 57.8 Å². The summed E-state index contributed by atoms with van der Waals surface area (Å²) in [6.07, 6.45) is 32.8. The van der Waals surface area contributed by atoms with Crippen molar-refractivity contribution in [1.82, 2.24) is 0 Å². The van der Waals surface area contributed by atoms with Crippen LogP contribution in [0.15, 0.2) is 107 Å². The zero-order chi connectivity index (χ0) is 34.0. The van der Waals surface area contributed by atoms with E-state index in [2.05, 4.69) is 12.2 Å². The first kappa shape index (κ1) is 36.1. The fourth-order valence-electron chi connectivity index (χ4n) is 7.55. The normalized spacial score (nSPS) is 32.4. The lowest BCUT2D eigenvalue weighted by Gasteiger charge is -2.34. The average molecular weight is 692 g/mol. The summed E-state index contributed by atoms with van der Waals surface area (Å²) in [5.74, 6) is 0.233. The molecule has 264 valence electrons. The minimum atomic E-state index is -2.03. The van der Waals surface area contributed by atoms with Crippen LogP contribution >= 0.6 is 7.80 Å². The summed E-state index contributed by atoms with van der Waals surface area (Å²) in [5.41, 5.74) is 1.78. The second-order valence-electron chi connectivity index (χ2n) is 13.8. The van der Waals surface area contributed by atoms with Gasteiger partial charge in [-0.05, 0) is 63.0 Å². The van der Waals surface area contributed by atoms with Crippen molar-refractivity contribution in [2.45, 2.75) is 100 Å². The van der Waals surface area contributed by atoms with Gasteiger partial charge in [-0.3, -0.25) is 0 Å². The van der Waals surface area contributed by atoms with E-state index in [1.54, 1.807) is 6.08 Å². The standard InChI is InChI=1S/C40H52O8P/c41-28(24-45-30-13-3-1-4-14-30)26-47-37-23-39(49(44)38-22-12-10-19-34(38)32-17-9-11-21-36(32)43)40(35-20-8-7-18-33(35)37)48-27-29(42)25-46-31-15-5-2-6-16-31/h1,3-5,9-13,15,17,19,21-22,28-32,34,36-38,41-43H,2,6-8,14,16,18,20,23-27H2/q+1. The van der Waals surface area contributed by atoms with Gasteiger partial charge in [0.15, 0.2) is 11.4 Å². The molecule has 6 aliphatic carbocycles. The van der Waals surface area contributed by atoms with E-state index in [1.807, 2.05) is 66.8 Å². The van der Waals surface area contributed by atoms with Gasteiger partial charge in [0.25, 0.3) is 0 Å². The van der Waals surface area contributed by atoms with Crippen molar-refractivity contribution in [3.63, 3.8) is 0 Å². The molecule has 49 heavy (non-hydrogen) atoms. The molecule has 0 aromatic carbocycles. The smallest absolute Gasteiger partial charge is 0.384 e. The van der Waals surface area contributed by atoms with Crippen molar-refractivity contribution < 1.29 is 38.8 Å². The maximum Gasteiger partial charge on any atom is 0.384 e. The molecule has 0 aromatic heterocycles. The predicted molar refractivity (Wildman–Crippen MR) is 191 cm³/mol. The van der Waals surface area contributed by atoms with Crippen LogP contribution in [0.2, 0.25) is 0 Å². The molecular weight excluding hydrogens is 639 g/mol. The lowest BCUT2D eigenvalue weighted by molar-refractivity contribution is -0.0481. The molecule has 0 fully saturated rings. The minimum Gasteiger partial charge on any atom is -0.486 e. The lowest BCUT2D eigenvalue weighted by Crippen LogP contribution is -2.34. The monoisotopic (exact) mass is 691 g/mol. The van der Waals surface area contributed by atoms with Crippen LogP contribution in [0.5, 0.6) is 0 Å². The number of aliphatic hydroxyl groups is 3. The van der Waals surface area contributed by atoms with Gasteiger partial charge >= 0.3 is 7.80 Å². The fourth-order valence-corrected chi connectivity index (χ4v) is 9.53. The molecule has 6 rings (SSSR count). The molecule has 10 atom stereocenters. The maximum atomic E-state index is 14.9. The first-order valence-electron chi connectivity index (χ1n) is 18.1. The molecule has 0 aromatic rings. The Morgan fingerprint density at radius 2 is 1.45 bits per heavy atom. The quantitative estimate of drug-likeness (QED) is 0.129. The van der Waals surface area contributed by atoms with E-state index < -0.39 is 26.1 Å². The molecule has 3 N–H and O–H groups in total. The van der Waals surface area contributed by atoms with Crippen molar-refractivity contribution >= 4 is 7.80 Å². The number of hydrogen-bond donors (Lipinski definition) is 3. The molecule has 0 saturated carbocycles. The van der Waals surface area contributed by atoms with Crippen molar-refractivity contribution in [2.24, 2.45) is 11.8 Å². The summed E-state index contributed by atoms with van der Waals surface area (Å²) in [5, 5.41) is 33.3. The predicted octanol–water partition coefficient (Wildman–Crippen LogP) is 6.66. The maximum absolute atomic E-state index is 14.9. The van der Waals surface area contributed by atoms with Crippen LogP contribution in [-0.2, 0) is 23.5 Å². The van der Waals surface area contributed by atoms with E-state index >= 15 is 0 Å². The Bertz CT molecular complexity index is 1430. The van der Waals surface area contributed by atoms with Crippen LogP contribution < -0.4 is 0 Å². The van der Waals surface area contributed by atoms with Gasteiger partial charge in [0.2, 0.25) is 5.31 Å². The lowest BCUT2D eigenvalue weighted by atomic mass is 9.81. The Hall–Kier alpha value is -2.68. The molecule has 0 saturated heterocycles. The van der Waals surface area contributed by atoms with Crippen LogP contribution in [0, 0.1) is 11.8 Å². The highest BCUT2D eigenvalue weighted by Gasteiger charge is 2.48. The Morgan fingerprint density at radius 3 is 2.22 bits per heavy atom. The first-order valence-corrected chi connectivity index (χ1v) is 19.4. The van der Waals surface area contributed by atoms with Crippen molar-refractivity contribution in [1.29, 1.82) is 0 Å². The van der Waals surface area contributed by atoms with Gasteiger partial charge < -0.3 is 34.3 Å². The van der Waals surface area contributed by atoms with E-state index in [-0.39, 0.29) is 62.2 Å². The van der Waals surface area contributed by atoms with E-state index in [0.29, 0.717) is 17.5 Å². The zero-order valence-corrected chi connectivity index (χ0v) is 29.2. The molecular formula is C40H52O8P+. The number of aliphatic hydroxyl groups excluding tert-OH is 3. The van der Waals surface area contributed by atoms with Crippen LogP contribution in [-0.4, -0.2) is 84.0 Å². The Morgan fingerprint density at radius 1 is 0.735 bits per heavy atom. The Kier molecular flexibility index (Phi) is 13.3. The summed E-state index contributed by atoms with van der Waals surface area (Å²) in [6.45, 7) is 0.446. The second-order valence-corrected chi connectivity index (χ2v) is 15.6. The summed E-state index contributed by atoms with van der Waals surface area (Å²) < 4.78 is 39.7. The van der Waals surface area contributed by atoms with E-state index in [0.717, 1.165) is 62.5 Å². The molecule has 0 radical (unpaired) electrons. The van der Waals surface area contributed by atoms with Gasteiger partial charge in [0.05, 0.1) is 44.2 Å². The van der Waals surface area contributed by atoms with Gasteiger partial charge in [-0.2, -0.15) is 0 Å². The van der Waals surface area contributed by atoms with E-state index in [9.17, 15) is 19.9 Å². The minimum absolute atomic E-state index is 0.00623. The molecule has 0 amide bonds. The third-order valence-electron chi connectivity index (χ3n) is 10.2. The topological polar surface area (TPSA) is 115 Å². The number of allylic oxidation sites excluding steroid dienone is 10. The van der Waals surface area contributed by atoms with E-state index in [4.69, 9.17) is 18.9 Å². The molecule has 9 heteroatoms. The average Bonchev–Trinajstić information content (AvgIpc) is 3.15. The van der Waals surface area contributed by atoms with Crippen LogP contribution in [0.25, 0.3) is 0 Å². The summed E-state index contributed by atoms with van der Waals surface area (Å²) in [6, 6.07) is 0. The molecule has 0 spiro atoms. The highest BCUT2D eigenvalue weighted by molar-refractivity contribution is 7.50. The highest BCUT2D eigenvalue weighted by atomic mass is 31.1. The molecule has 6 aliphatic rings. The Labute approximate surface area is 291 Å². The summed E-state index contributed by atoms with van der Waals surface area (Å²) >= 11 is 0. The second kappa shape index (κ2) is 18.0. The van der Waals surface area contributed by atoms with Crippen molar-refractivity contribution in [3.8, 4) is 0 Å². The van der Waals surface area contributed by atoms with Crippen molar-refractivity contribution in [3.05, 3.63) is 107 Å². The first-order chi connectivity index (χ1) is 24.0. The van der Waals surface area contributed by atoms with Gasteiger partial charge in [0, 0.05) is 23.8 Å². The Balaban J connectivity index is 1.21. The number of hydrogen-bond acceptors (Lipinski definition) is 8. The van der Waals surface area contributed by atoms with Gasteiger partial charge in [-0.15, -0.1) is 0 Å². The molecule has 0 heterocycles. The van der Waals surface area contributed by atoms with Gasteiger partial charge in [-0.1, -0.05) is 83.6 Å². The number of ether oxygens (including phenoxy) is 4. The van der Waals surface area contributed by atoms with Crippen LogP contribution in [0.3, 0.4) is 0 Å². The summed E-state index contributed by atoms with van der Waals surface area (Å²) in [7, 11) is -2.03. The largest absolute Gasteiger partial charge is 0.486 e.